The first-order valence-corrected chi connectivity index (χ1v) is 9.76. The van der Waals surface area contributed by atoms with E-state index in [-0.39, 0.29) is 0 Å². The van der Waals surface area contributed by atoms with Gasteiger partial charge in [0, 0.05) is 32.2 Å². The third-order valence-corrected chi connectivity index (χ3v) is 5.43. The Kier molecular flexibility index (Phi) is 7.06. The molecule has 1 saturated heterocycles. The van der Waals surface area contributed by atoms with Gasteiger partial charge in [0.2, 0.25) is 0 Å². The van der Waals surface area contributed by atoms with Crippen LogP contribution in [0.5, 0.6) is 0 Å². The summed E-state index contributed by atoms with van der Waals surface area (Å²) < 4.78 is 1.76. The number of hydrogen-bond donors (Lipinski definition) is 2. The zero-order chi connectivity index (χ0) is 19.1. The predicted octanol–water partition coefficient (Wildman–Crippen LogP) is 2.05. The molecule has 27 heavy (non-hydrogen) atoms. The van der Waals surface area contributed by atoms with Gasteiger partial charge < -0.3 is 10.6 Å². The number of rotatable bonds is 6. The van der Waals surface area contributed by atoms with Crippen LogP contribution >= 0.6 is 11.6 Å². The number of halogens is 1. The second kappa shape index (κ2) is 9.71. The molecule has 7 nitrogen and oxygen atoms in total. The summed E-state index contributed by atoms with van der Waals surface area (Å²) in [4.78, 5) is 11.0. The fourth-order valence-electron chi connectivity index (χ4n) is 3.32. The standard InChI is InChI=1S/C19H28ClN7/c1-21-19(23-12-18-24-14-25-26(18)2)22-11-15-7-9-27(10-8-15)13-16-5-3-4-6-17(16)20/h3-6,14-15H,7-13H2,1-2H3,(H2,21,22,23). The summed E-state index contributed by atoms with van der Waals surface area (Å²) in [5.74, 6) is 2.34. The van der Waals surface area contributed by atoms with E-state index in [1.807, 2.05) is 19.2 Å². The lowest BCUT2D eigenvalue weighted by molar-refractivity contribution is 0.178. The van der Waals surface area contributed by atoms with Crippen LogP contribution in [-0.4, -0.2) is 52.3 Å². The molecule has 0 atom stereocenters. The van der Waals surface area contributed by atoms with Gasteiger partial charge in [0.25, 0.3) is 0 Å². The highest BCUT2D eigenvalue weighted by Gasteiger charge is 2.20. The Morgan fingerprint density at radius 2 is 2.04 bits per heavy atom. The van der Waals surface area contributed by atoms with E-state index in [0.717, 1.165) is 43.0 Å². The normalized spacial score (nSPS) is 16.5. The molecule has 3 rings (SSSR count). The third kappa shape index (κ3) is 5.68. The molecule has 2 heterocycles. The van der Waals surface area contributed by atoms with Gasteiger partial charge in [0.05, 0.1) is 6.54 Å². The van der Waals surface area contributed by atoms with Crippen molar-refractivity contribution in [2.75, 3.05) is 26.7 Å². The number of nitrogens with zero attached hydrogens (tertiary/aromatic N) is 5. The van der Waals surface area contributed by atoms with Crippen molar-refractivity contribution < 1.29 is 0 Å². The van der Waals surface area contributed by atoms with Crippen LogP contribution < -0.4 is 10.6 Å². The number of guanidine groups is 1. The maximum Gasteiger partial charge on any atom is 0.191 e. The van der Waals surface area contributed by atoms with Gasteiger partial charge in [-0.3, -0.25) is 14.6 Å². The van der Waals surface area contributed by atoms with E-state index in [1.165, 1.54) is 18.4 Å². The molecule has 1 fully saturated rings. The summed E-state index contributed by atoms with van der Waals surface area (Å²) in [7, 11) is 3.68. The number of nitrogens with one attached hydrogen (secondary N) is 2. The Labute approximate surface area is 165 Å². The molecule has 0 bridgehead atoms. The minimum atomic E-state index is 0.604. The summed E-state index contributed by atoms with van der Waals surface area (Å²) >= 11 is 6.28. The van der Waals surface area contributed by atoms with E-state index in [2.05, 4.69) is 42.7 Å². The van der Waals surface area contributed by atoms with Gasteiger partial charge in [-0.1, -0.05) is 29.8 Å². The number of benzene rings is 1. The molecule has 0 radical (unpaired) electrons. The van der Waals surface area contributed by atoms with E-state index in [1.54, 1.807) is 18.1 Å². The fraction of sp³-hybridized carbons (Fsp3) is 0.526. The third-order valence-electron chi connectivity index (χ3n) is 5.06. The second-order valence-electron chi connectivity index (χ2n) is 6.92. The van der Waals surface area contributed by atoms with Gasteiger partial charge in [-0.2, -0.15) is 5.10 Å². The molecule has 8 heteroatoms. The molecule has 2 N–H and O–H groups in total. The van der Waals surface area contributed by atoms with Crippen LogP contribution in [-0.2, 0) is 20.1 Å². The largest absolute Gasteiger partial charge is 0.356 e. The van der Waals surface area contributed by atoms with Crippen LogP contribution in [0.2, 0.25) is 5.02 Å². The molecule has 1 aliphatic heterocycles. The zero-order valence-corrected chi connectivity index (χ0v) is 16.8. The lowest BCUT2D eigenvalue weighted by Gasteiger charge is -2.32. The average molecular weight is 390 g/mol. The van der Waals surface area contributed by atoms with Gasteiger partial charge in [-0.25, -0.2) is 4.98 Å². The van der Waals surface area contributed by atoms with Gasteiger partial charge in [-0.05, 0) is 43.5 Å². The van der Waals surface area contributed by atoms with Gasteiger partial charge in [-0.15, -0.1) is 0 Å². The van der Waals surface area contributed by atoms with Crippen molar-refractivity contribution >= 4 is 17.6 Å². The monoisotopic (exact) mass is 389 g/mol. The van der Waals surface area contributed by atoms with Crippen LogP contribution in [0.15, 0.2) is 35.6 Å². The quantitative estimate of drug-likeness (QED) is 0.584. The Hall–Kier alpha value is -2.12. The minimum Gasteiger partial charge on any atom is -0.356 e. The molecule has 0 unspecified atom stereocenters. The average Bonchev–Trinajstić information content (AvgIpc) is 3.10. The predicted molar refractivity (Wildman–Crippen MR) is 109 cm³/mol. The zero-order valence-electron chi connectivity index (χ0n) is 16.0. The van der Waals surface area contributed by atoms with Crippen molar-refractivity contribution in [2.45, 2.75) is 25.9 Å². The molecule has 1 aromatic heterocycles. The Morgan fingerprint density at radius 1 is 1.26 bits per heavy atom. The topological polar surface area (TPSA) is 70.4 Å². The first-order chi connectivity index (χ1) is 13.2. The maximum atomic E-state index is 6.28. The van der Waals surface area contributed by atoms with Crippen molar-refractivity contribution in [3.05, 3.63) is 47.0 Å². The molecule has 1 aliphatic rings. The maximum absolute atomic E-state index is 6.28. The van der Waals surface area contributed by atoms with E-state index >= 15 is 0 Å². The number of likely N-dealkylation sites (tertiary alicyclic amines) is 1. The summed E-state index contributed by atoms with van der Waals surface area (Å²) in [5.41, 5.74) is 1.21. The van der Waals surface area contributed by atoms with Crippen molar-refractivity contribution in [1.82, 2.24) is 30.3 Å². The first-order valence-electron chi connectivity index (χ1n) is 9.39. The molecule has 146 valence electrons. The summed E-state index contributed by atoms with van der Waals surface area (Å²) in [5, 5.41) is 11.7. The summed E-state index contributed by atoms with van der Waals surface area (Å²) in [6.45, 7) is 4.66. The summed E-state index contributed by atoms with van der Waals surface area (Å²) in [6.07, 6.45) is 3.92. The van der Waals surface area contributed by atoms with E-state index in [9.17, 15) is 0 Å². The molecular weight excluding hydrogens is 362 g/mol. The minimum absolute atomic E-state index is 0.604. The van der Waals surface area contributed by atoms with Crippen molar-refractivity contribution in [2.24, 2.45) is 18.0 Å². The van der Waals surface area contributed by atoms with E-state index in [0.29, 0.717) is 12.5 Å². The first kappa shape index (κ1) is 19.6. The Bertz CT molecular complexity index is 750. The summed E-state index contributed by atoms with van der Waals surface area (Å²) in [6, 6.07) is 8.11. The number of hydrogen-bond acceptors (Lipinski definition) is 4. The molecule has 1 aromatic carbocycles. The molecule has 0 amide bonds. The van der Waals surface area contributed by atoms with Gasteiger partial charge in [0.1, 0.15) is 12.2 Å². The van der Waals surface area contributed by atoms with Crippen molar-refractivity contribution in [3.63, 3.8) is 0 Å². The smallest absolute Gasteiger partial charge is 0.191 e. The lowest BCUT2D eigenvalue weighted by atomic mass is 9.96. The Morgan fingerprint density at radius 3 is 2.70 bits per heavy atom. The van der Waals surface area contributed by atoms with Crippen LogP contribution in [0.3, 0.4) is 0 Å². The van der Waals surface area contributed by atoms with Crippen LogP contribution in [0.25, 0.3) is 0 Å². The fourth-order valence-corrected chi connectivity index (χ4v) is 3.52. The molecule has 0 saturated carbocycles. The molecular formula is C19H28ClN7. The van der Waals surface area contributed by atoms with Crippen molar-refractivity contribution in [3.8, 4) is 0 Å². The van der Waals surface area contributed by atoms with Crippen LogP contribution in [0.1, 0.15) is 24.2 Å². The SMILES string of the molecule is CN=C(NCc1ncnn1C)NCC1CCN(Cc2ccccc2Cl)CC1. The number of aromatic nitrogens is 3. The number of aryl methyl sites for hydroxylation is 1. The van der Waals surface area contributed by atoms with E-state index in [4.69, 9.17) is 11.6 Å². The highest BCUT2D eigenvalue weighted by Crippen LogP contribution is 2.21. The van der Waals surface area contributed by atoms with Crippen molar-refractivity contribution in [1.29, 1.82) is 0 Å². The van der Waals surface area contributed by atoms with Gasteiger partial charge >= 0.3 is 0 Å². The highest BCUT2D eigenvalue weighted by atomic mass is 35.5. The molecule has 0 spiro atoms. The Balaban J connectivity index is 1.38. The molecule has 2 aromatic rings. The lowest BCUT2D eigenvalue weighted by Crippen LogP contribution is -2.42. The second-order valence-corrected chi connectivity index (χ2v) is 7.32. The van der Waals surface area contributed by atoms with E-state index < -0.39 is 0 Å². The molecule has 0 aliphatic carbocycles. The number of aliphatic imine (C=N–C) groups is 1. The van der Waals surface area contributed by atoms with Crippen LogP contribution in [0.4, 0.5) is 0 Å². The van der Waals surface area contributed by atoms with Gasteiger partial charge in [0.15, 0.2) is 5.96 Å². The number of piperidine rings is 1. The highest BCUT2D eigenvalue weighted by molar-refractivity contribution is 6.31. The van der Waals surface area contributed by atoms with Crippen LogP contribution in [0, 0.1) is 5.92 Å².